The second-order valence-corrected chi connectivity index (χ2v) is 14.3. The molecular weight excluding hydrogens is 570 g/mol. The monoisotopic (exact) mass is 617 g/mol. The molecule has 1 unspecified atom stereocenters. The molecule has 3 aromatic rings. The van der Waals surface area contributed by atoms with Crippen LogP contribution in [0.1, 0.15) is 72.8 Å². The predicted molar refractivity (Wildman–Crippen MR) is 178 cm³/mol. The Labute approximate surface area is 263 Å². The number of nitrogens with one attached hydrogen (secondary N) is 1. The van der Waals surface area contributed by atoms with E-state index in [0.717, 1.165) is 53.5 Å². The number of sulfonamides is 1. The fourth-order valence-electron chi connectivity index (χ4n) is 6.20. The van der Waals surface area contributed by atoms with E-state index in [9.17, 15) is 18.0 Å². The van der Waals surface area contributed by atoms with Gasteiger partial charge in [0.1, 0.15) is 6.04 Å². The minimum Gasteiger partial charge on any atom is -0.352 e. The summed E-state index contributed by atoms with van der Waals surface area (Å²) in [5, 5.41) is 3.28. The van der Waals surface area contributed by atoms with Gasteiger partial charge in [-0.25, -0.2) is 8.42 Å². The highest BCUT2D eigenvalue weighted by Crippen LogP contribution is 2.24. The van der Waals surface area contributed by atoms with Gasteiger partial charge in [-0.3, -0.25) is 13.9 Å². The van der Waals surface area contributed by atoms with E-state index in [4.69, 9.17) is 0 Å². The van der Waals surface area contributed by atoms with Gasteiger partial charge in [-0.1, -0.05) is 85.5 Å². The highest BCUT2D eigenvalue weighted by Gasteiger charge is 2.32. The maximum Gasteiger partial charge on any atom is 0.243 e. The Morgan fingerprint density at radius 2 is 1.50 bits per heavy atom. The third-order valence-corrected chi connectivity index (χ3v) is 9.50. The number of carbonyl (C=O) groups is 2. The molecule has 1 saturated carbocycles. The van der Waals surface area contributed by atoms with Crippen LogP contribution in [-0.2, 0) is 32.6 Å². The maximum absolute atomic E-state index is 14.1. The molecule has 0 radical (unpaired) electrons. The van der Waals surface area contributed by atoms with Crippen molar-refractivity contribution in [2.24, 2.45) is 0 Å². The molecule has 1 atom stereocenters. The number of amides is 2. The van der Waals surface area contributed by atoms with Crippen LogP contribution in [0.4, 0.5) is 5.69 Å². The van der Waals surface area contributed by atoms with Crippen molar-refractivity contribution in [1.29, 1.82) is 0 Å². The third-order valence-electron chi connectivity index (χ3n) is 8.30. The summed E-state index contributed by atoms with van der Waals surface area (Å²) in [6.45, 7) is 6.36. The Kier molecular flexibility index (Phi) is 11.6. The molecule has 1 fully saturated rings. The molecule has 1 N–H and O–H groups in total. The van der Waals surface area contributed by atoms with Crippen molar-refractivity contribution in [2.45, 2.75) is 90.8 Å². The molecule has 1 aliphatic rings. The number of benzene rings is 3. The lowest BCUT2D eigenvalue weighted by Gasteiger charge is -2.34. The second-order valence-electron chi connectivity index (χ2n) is 12.3. The van der Waals surface area contributed by atoms with Gasteiger partial charge in [0.2, 0.25) is 21.8 Å². The number of carbonyl (C=O) groups excluding carboxylic acids is 2. The zero-order valence-electron chi connectivity index (χ0n) is 26.6. The molecule has 0 aromatic heterocycles. The molecule has 8 heteroatoms. The number of nitrogens with zero attached hydrogens (tertiary/aromatic N) is 2. The van der Waals surface area contributed by atoms with E-state index < -0.39 is 16.1 Å². The van der Waals surface area contributed by atoms with Gasteiger partial charge in [-0.15, -0.1) is 0 Å². The Hall–Kier alpha value is -3.65. The van der Waals surface area contributed by atoms with Crippen molar-refractivity contribution in [3.05, 3.63) is 101 Å². The molecule has 0 heterocycles. The first-order valence-corrected chi connectivity index (χ1v) is 17.6. The number of hydrogen-bond donors (Lipinski definition) is 1. The summed E-state index contributed by atoms with van der Waals surface area (Å²) in [4.78, 5) is 29.8. The summed E-state index contributed by atoms with van der Waals surface area (Å²) in [5.74, 6) is -0.296. The minimum atomic E-state index is -3.57. The molecule has 0 aliphatic heterocycles. The topological polar surface area (TPSA) is 86.8 Å². The van der Waals surface area contributed by atoms with Gasteiger partial charge >= 0.3 is 0 Å². The largest absolute Gasteiger partial charge is 0.352 e. The first-order valence-electron chi connectivity index (χ1n) is 15.7. The van der Waals surface area contributed by atoms with Crippen LogP contribution in [0, 0.1) is 20.8 Å². The van der Waals surface area contributed by atoms with Gasteiger partial charge in [0.25, 0.3) is 0 Å². The van der Waals surface area contributed by atoms with Crippen molar-refractivity contribution in [2.75, 3.05) is 17.1 Å². The van der Waals surface area contributed by atoms with Crippen molar-refractivity contribution in [3.8, 4) is 0 Å². The third kappa shape index (κ3) is 9.68. The van der Waals surface area contributed by atoms with Gasteiger partial charge in [0.15, 0.2) is 0 Å². The molecular formula is C36H47N3O4S. The first-order chi connectivity index (χ1) is 21.0. The molecule has 4 rings (SSSR count). The normalized spacial score (nSPS) is 14.5. The smallest absolute Gasteiger partial charge is 0.243 e. The van der Waals surface area contributed by atoms with Crippen LogP contribution in [0.5, 0.6) is 0 Å². The van der Waals surface area contributed by atoms with Crippen LogP contribution in [0.3, 0.4) is 0 Å². The van der Waals surface area contributed by atoms with Gasteiger partial charge in [0, 0.05) is 32.0 Å². The average molecular weight is 618 g/mol. The molecule has 44 heavy (non-hydrogen) atoms. The fourth-order valence-corrected chi connectivity index (χ4v) is 7.15. The summed E-state index contributed by atoms with van der Waals surface area (Å²) in [5.41, 5.74) is 5.57. The van der Waals surface area contributed by atoms with Crippen LogP contribution < -0.4 is 9.62 Å². The van der Waals surface area contributed by atoms with Crippen LogP contribution in [0.25, 0.3) is 0 Å². The molecule has 236 valence electrons. The van der Waals surface area contributed by atoms with Crippen molar-refractivity contribution < 1.29 is 18.0 Å². The molecule has 3 aromatic carbocycles. The number of anilines is 1. The van der Waals surface area contributed by atoms with Crippen molar-refractivity contribution >= 4 is 27.5 Å². The maximum atomic E-state index is 14.1. The van der Waals surface area contributed by atoms with E-state index in [1.54, 1.807) is 4.90 Å². The van der Waals surface area contributed by atoms with Gasteiger partial charge < -0.3 is 10.2 Å². The predicted octanol–water partition coefficient (Wildman–Crippen LogP) is 6.25. The highest BCUT2D eigenvalue weighted by atomic mass is 32.2. The van der Waals surface area contributed by atoms with Crippen LogP contribution in [0.2, 0.25) is 0 Å². The summed E-state index contributed by atoms with van der Waals surface area (Å²) < 4.78 is 27.0. The fraction of sp³-hybridized carbons (Fsp3) is 0.444. The molecule has 0 saturated heterocycles. The molecule has 0 spiro atoms. The molecule has 7 nitrogen and oxygen atoms in total. The Morgan fingerprint density at radius 3 is 2.14 bits per heavy atom. The van der Waals surface area contributed by atoms with E-state index in [1.165, 1.54) is 17.0 Å². The SMILES string of the molecule is Cc1cccc(CN(C(=O)CCCN(c2cc(C)cc(C)c2)S(C)(=O)=O)C(Cc2ccccc2)C(=O)NC2CCCCC2)c1. The van der Waals surface area contributed by atoms with E-state index in [2.05, 4.69) is 5.32 Å². The zero-order valence-corrected chi connectivity index (χ0v) is 27.4. The van der Waals surface area contributed by atoms with Crippen LogP contribution >= 0.6 is 0 Å². The molecule has 1 aliphatic carbocycles. The average Bonchev–Trinajstić information content (AvgIpc) is 2.97. The molecule has 2 amide bonds. The summed E-state index contributed by atoms with van der Waals surface area (Å²) in [7, 11) is -3.57. The standard InChI is InChI=1S/C36H47N3O4S/c1-27-13-11-16-31(22-27)26-38(34(25-30-14-7-5-8-15-30)36(41)37-32-17-9-6-10-18-32)35(40)19-12-20-39(44(4,42)43)33-23-28(2)21-29(3)24-33/h5,7-8,11,13-16,21-24,32,34H,6,9-10,12,17-20,25-26H2,1-4H3,(H,37,41). The summed E-state index contributed by atoms with van der Waals surface area (Å²) in [6, 6.07) is 23.0. The van der Waals surface area contributed by atoms with Crippen molar-refractivity contribution in [3.63, 3.8) is 0 Å². The number of aryl methyl sites for hydroxylation is 3. The van der Waals surface area contributed by atoms with Crippen molar-refractivity contribution in [1.82, 2.24) is 10.2 Å². The van der Waals surface area contributed by atoms with Gasteiger partial charge in [-0.2, -0.15) is 0 Å². The number of hydrogen-bond acceptors (Lipinski definition) is 4. The summed E-state index contributed by atoms with van der Waals surface area (Å²) in [6.07, 6.45) is 7.32. The Bertz CT molecular complexity index is 1500. The lowest BCUT2D eigenvalue weighted by atomic mass is 9.94. The van der Waals surface area contributed by atoms with E-state index in [-0.39, 0.29) is 30.8 Å². The number of rotatable bonds is 13. The highest BCUT2D eigenvalue weighted by molar-refractivity contribution is 7.92. The minimum absolute atomic E-state index is 0.116. The Morgan fingerprint density at radius 1 is 0.841 bits per heavy atom. The van der Waals surface area contributed by atoms with E-state index in [1.807, 2.05) is 93.6 Å². The van der Waals surface area contributed by atoms with Gasteiger partial charge in [-0.05, 0) is 74.4 Å². The molecule has 0 bridgehead atoms. The first kappa shape index (κ1) is 33.2. The quantitative estimate of drug-likeness (QED) is 0.246. The Balaban J connectivity index is 1.60. The van der Waals surface area contributed by atoms with Crippen LogP contribution in [0.15, 0.2) is 72.8 Å². The lowest BCUT2D eigenvalue weighted by Crippen LogP contribution is -2.53. The zero-order chi connectivity index (χ0) is 31.7. The summed E-state index contributed by atoms with van der Waals surface area (Å²) >= 11 is 0. The lowest BCUT2D eigenvalue weighted by molar-refractivity contribution is -0.141. The van der Waals surface area contributed by atoms with E-state index in [0.29, 0.717) is 25.1 Å². The van der Waals surface area contributed by atoms with E-state index >= 15 is 0 Å². The van der Waals surface area contributed by atoms with Crippen LogP contribution in [-0.4, -0.2) is 50.0 Å². The van der Waals surface area contributed by atoms with Gasteiger partial charge in [0.05, 0.1) is 11.9 Å². The second kappa shape index (κ2) is 15.4.